The van der Waals surface area contributed by atoms with Crippen LogP contribution in [0.2, 0.25) is 0 Å². The van der Waals surface area contributed by atoms with Crippen LogP contribution in [0, 0.1) is 0 Å². The molecule has 0 aliphatic heterocycles. The highest BCUT2D eigenvalue weighted by Crippen LogP contribution is 2.32. The quantitative estimate of drug-likeness (QED) is 0.648. The highest BCUT2D eigenvalue weighted by atomic mass is 16.5. The Balaban J connectivity index is 2.48. The molecule has 6 nitrogen and oxygen atoms in total. The summed E-state index contributed by atoms with van der Waals surface area (Å²) in [5, 5.41) is 8.74. The number of hydrogen-bond acceptors (Lipinski definition) is 4. The van der Waals surface area contributed by atoms with Crippen LogP contribution in [0.4, 0.5) is 0 Å². The van der Waals surface area contributed by atoms with Gasteiger partial charge in [0.1, 0.15) is 6.54 Å². The van der Waals surface area contributed by atoms with Crippen molar-refractivity contribution in [1.29, 1.82) is 0 Å². The van der Waals surface area contributed by atoms with Gasteiger partial charge in [-0.05, 0) is 19.3 Å². The number of ether oxygens (including phenoxy) is 1. The van der Waals surface area contributed by atoms with Crippen LogP contribution in [0.25, 0.3) is 0 Å². The van der Waals surface area contributed by atoms with E-state index in [1.54, 1.807) is 0 Å². The van der Waals surface area contributed by atoms with Gasteiger partial charge in [-0.1, -0.05) is 0 Å². The van der Waals surface area contributed by atoms with E-state index in [9.17, 15) is 9.59 Å². The van der Waals surface area contributed by atoms with Gasteiger partial charge in [-0.15, -0.1) is 0 Å². The van der Waals surface area contributed by atoms with Gasteiger partial charge in [0, 0.05) is 25.6 Å². The minimum atomic E-state index is -1.02. The van der Waals surface area contributed by atoms with Gasteiger partial charge in [0.15, 0.2) is 0 Å². The van der Waals surface area contributed by atoms with Crippen molar-refractivity contribution in [3.63, 3.8) is 0 Å². The van der Waals surface area contributed by atoms with Crippen molar-refractivity contribution in [2.75, 3.05) is 26.8 Å². The number of aliphatic carboxylic acids is 1. The van der Waals surface area contributed by atoms with Crippen LogP contribution < -0.4 is 5.73 Å². The summed E-state index contributed by atoms with van der Waals surface area (Å²) in [5.74, 6) is -1.22. The number of carboxylic acid groups (broad SMARTS) is 1. The molecule has 3 N–H and O–H groups in total. The average molecular weight is 244 g/mol. The Morgan fingerprint density at radius 2 is 2.12 bits per heavy atom. The van der Waals surface area contributed by atoms with Crippen LogP contribution in [0.5, 0.6) is 0 Å². The van der Waals surface area contributed by atoms with Crippen LogP contribution in [-0.2, 0) is 14.3 Å². The Hall–Kier alpha value is -1.14. The highest BCUT2D eigenvalue weighted by Gasteiger charge is 2.36. The molecule has 0 heterocycles. The zero-order valence-electron chi connectivity index (χ0n) is 10.1. The van der Waals surface area contributed by atoms with Gasteiger partial charge in [0.05, 0.1) is 6.61 Å². The first kappa shape index (κ1) is 13.9. The van der Waals surface area contributed by atoms with Gasteiger partial charge in [-0.3, -0.25) is 9.59 Å². The van der Waals surface area contributed by atoms with E-state index in [1.165, 1.54) is 12.0 Å². The van der Waals surface area contributed by atoms with Gasteiger partial charge < -0.3 is 20.5 Å². The lowest BCUT2D eigenvalue weighted by Gasteiger charge is -2.38. The van der Waals surface area contributed by atoms with Gasteiger partial charge in [-0.2, -0.15) is 0 Å². The number of carbonyl (C=O) groups excluding carboxylic acids is 1. The SMILES string of the molecule is COCCN(CC(=O)O)C(=O)CC1(N)CCC1. The largest absolute Gasteiger partial charge is 0.480 e. The molecule has 1 rings (SSSR count). The molecular formula is C11H20N2O4. The topological polar surface area (TPSA) is 92.9 Å². The van der Waals surface area contributed by atoms with Crippen molar-refractivity contribution in [2.45, 2.75) is 31.2 Å². The Kier molecular flexibility index (Phi) is 4.89. The summed E-state index contributed by atoms with van der Waals surface area (Å²) >= 11 is 0. The Bertz CT molecular complexity index is 289. The average Bonchev–Trinajstić information content (AvgIpc) is 2.21. The van der Waals surface area contributed by atoms with Gasteiger partial charge in [0.25, 0.3) is 0 Å². The molecule has 6 heteroatoms. The fraction of sp³-hybridized carbons (Fsp3) is 0.818. The van der Waals surface area contributed by atoms with Gasteiger partial charge >= 0.3 is 5.97 Å². The molecule has 0 aromatic carbocycles. The van der Waals surface area contributed by atoms with Crippen LogP contribution in [0.1, 0.15) is 25.7 Å². The number of carbonyl (C=O) groups is 2. The third kappa shape index (κ3) is 4.32. The van der Waals surface area contributed by atoms with Crippen molar-refractivity contribution < 1.29 is 19.4 Å². The summed E-state index contributed by atoms with van der Waals surface area (Å²) < 4.78 is 4.86. The molecule has 98 valence electrons. The van der Waals surface area contributed by atoms with Crippen molar-refractivity contribution in [3.05, 3.63) is 0 Å². The predicted molar refractivity (Wildman–Crippen MR) is 61.5 cm³/mol. The molecule has 1 fully saturated rings. The second-order valence-electron chi connectivity index (χ2n) is 4.59. The number of nitrogens with two attached hydrogens (primary N) is 1. The molecule has 0 unspecified atom stereocenters. The molecule has 0 aromatic heterocycles. The molecule has 1 aliphatic carbocycles. The Morgan fingerprint density at radius 3 is 2.53 bits per heavy atom. The number of amides is 1. The Labute approximate surface area is 101 Å². The molecule has 0 spiro atoms. The summed E-state index contributed by atoms with van der Waals surface area (Å²) in [6, 6.07) is 0. The third-order valence-electron chi connectivity index (χ3n) is 3.10. The van der Waals surface area contributed by atoms with E-state index in [1.807, 2.05) is 0 Å². The van der Waals surface area contributed by atoms with Gasteiger partial charge in [0.2, 0.25) is 5.91 Å². The molecule has 0 aromatic rings. The highest BCUT2D eigenvalue weighted by molar-refractivity contribution is 5.82. The minimum Gasteiger partial charge on any atom is -0.480 e. The lowest BCUT2D eigenvalue weighted by atomic mass is 9.75. The molecule has 0 saturated heterocycles. The summed E-state index contributed by atoms with van der Waals surface area (Å²) in [6.45, 7) is 0.326. The van der Waals surface area contributed by atoms with E-state index in [-0.39, 0.29) is 25.4 Å². The maximum atomic E-state index is 11.9. The lowest BCUT2D eigenvalue weighted by Crippen LogP contribution is -2.51. The van der Waals surface area contributed by atoms with E-state index in [0.29, 0.717) is 6.61 Å². The van der Waals surface area contributed by atoms with Crippen LogP contribution >= 0.6 is 0 Å². The molecule has 0 radical (unpaired) electrons. The van der Waals surface area contributed by atoms with Gasteiger partial charge in [-0.25, -0.2) is 0 Å². The molecule has 0 atom stereocenters. The van der Waals surface area contributed by atoms with E-state index in [2.05, 4.69) is 0 Å². The third-order valence-corrected chi connectivity index (χ3v) is 3.10. The normalized spacial score (nSPS) is 17.3. The van der Waals surface area contributed by atoms with Crippen LogP contribution in [-0.4, -0.2) is 54.2 Å². The number of nitrogens with zero attached hydrogens (tertiary/aromatic N) is 1. The van der Waals surface area contributed by atoms with Crippen LogP contribution in [0.15, 0.2) is 0 Å². The fourth-order valence-electron chi connectivity index (χ4n) is 1.88. The van der Waals surface area contributed by atoms with E-state index >= 15 is 0 Å². The molecular weight excluding hydrogens is 224 g/mol. The maximum absolute atomic E-state index is 11.9. The van der Waals surface area contributed by atoms with Crippen molar-refractivity contribution in [1.82, 2.24) is 4.90 Å². The molecule has 1 saturated carbocycles. The van der Waals surface area contributed by atoms with E-state index < -0.39 is 11.5 Å². The zero-order chi connectivity index (χ0) is 12.9. The fourth-order valence-corrected chi connectivity index (χ4v) is 1.88. The summed E-state index contributed by atoms with van der Waals surface area (Å²) in [4.78, 5) is 23.9. The smallest absolute Gasteiger partial charge is 0.323 e. The minimum absolute atomic E-state index is 0.202. The predicted octanol–water partition coefficient (Wildman–Crippen LogP) is -0.182. The Morgan fingerprint density at radius 1 is 1.47 bits per heavy atom. The number of carboxylic acids is 1. The zero-order valence-corrected chi connectivity index (χ0v) is 10.1. The first-order valence-electron chi connectivity index (χ1n) is 5.74. The maximum Gasteiger partial charge on any atom is 0.323 e. The van der Waals surface area contributed by atoms with E-state index in [0.717, 1.165) is 19.3 Å². The summed E-state index contributed by atoms with van der Waals surface area (Å²) in [7, 11) is 1.51. The van der Waals surface area contributed by atoms with Crippen molar-refractivity contribution in [2.24, 2.45) is 5.73 Å². The molecule has 1 amide bonds. The monoisotopic (exact) mass is 244 g/mol. The van der Waals surface area contributed by atoms with Crippen molar-refractivity contribution in [3.8, 4) is 0 Å². The van der Waals surface area contributed by atoms with E-state index in [4.69, 9.17) is 15.6 Å². The second-order valence-corrected chi connectivity index (χ2v) is 4.59. The van der Waals surface area contributed by atoms with Crippen molar-refractivity contribution >= 4 is 11.9 Å². The second kappa shape index (κ2) is 5.97. The molecule has 17 heavy (non-hydrogen) atoms. The number of methoxy groups -OCH3 is 1. The summed E-state index contributed by atoms with van der Waals surface area (Å²) in [6.07, 6.45) is 2.94. The first-order valence-corrected chi connectivity index (χ1v) is 5.74. The first-order chi connectivity index (χ1) is 7.97. The molecule has 0 bridgehead atoms. The number of hydrogen-bond donors (Lipinski definition) is 2. The number of rotatable bonds is 7. The lowest BCUT2D eigenvalue weighted by molar-refractivity contribution is -0.145. The molecule has 1 aliphatic rings. The van der Waals surface area contributed by atoms with Crippen LogP contribution in [0.3, 0.4) is 0 Å². The summed E-state index contributed by atoms with van der Waals surface area (Å²) in [5.41, 5.74) is 5.56. The standard InChI is InChI=1S/C11H20N2O4/c1-17-6-5-13(8-10(15)16)9(14)7-11(12)3-2-4-11/h2-8,12H2,1H3,(H,15,16).